The van der Waals surface area contributed by atoms with Crippen LogP contribution in [0.4, 0.5) is 0 Å². The van der Waals surface area contributed by atoms with E-state index >= 15 is 0 Å². The van der Waals surface area contributed by atoms with E-state index in [0.717, 1.165) is 26.4 Å². The Morgan fingerprint density at radius 1 is 1.00 bits per heavy atom. The average Bonchev–Trinajstić information content (AvgIpc) is 2.85. The second-order valence-electron chi connectivity index (χ2n) is 7.92. The summed E-state index contributed by atoms with van der Waals surface area (Å²) in [6.07, 6.45) is 1.65. The molecule has 0 bridgehead atoms. The van der Waals surface area contributed by atoms with E-state index in [4.69, 9.17) is 27.9 Å². The smallest absolute Gasteiger partial charge is 0.282 e. The largest absolute Gasteiger partial charge is 0.488 e. The minimum absolute atomic E-state index is 0.247. The highest BCUT2D eigenvalue weighted by molar-refractivity contribution is 9.10. The summed E-state index contributed by atoms with van der Waals surface area (Å²) < 4.78 is 8.26. The lowest BCUT2D eigenvalue weighted by atomic mass is 10.0. The van der Waals surface area contributed by atoms with E-state index in [1.807, 2.05) is 54.6 Å². The molecule has 1 aromatic heterocycles. The molecule has 0 fully saturated rings. The van der Waals surface area contributed by atoms with Crippen molar-refractivity contribution in [3.8, 4) is 5.75 Å². The molecule has 0 unspecified atom stereocenters. The van der Waals surface area contributed by atoms with Gasteiger partial charge in [0.15, 0.2) is 0 Å². The highest BCUT2D eigenvalue weighted by Crippen LogP contribution is 2.29. The van der Waals surface area contributed by atoms with Crippen LogP contribution in [0, 0.1) is 6.92 Å². The van der Waals surface area contributed by atoms with E-state index in [9.17, 15) is 4.79 Å². The number of nitrogens with zero attached hydrogens (tertiary/aromatic N) is 3. The van der Waals surface area contributed by atoms with Crippen LogP contribution < -0.4 is 10.3 Å². The first-order valence-electron chi connectivity index (χ1n) is 10.7. The molecule has 8 heteroatoms. The Morgan fingerprint density at radius 3 is 2.66 bits per heavy atom. The molecule has 35 heavy (non-hydrogen) atoms. The number of halogens is 3. The molecule has 1 heterocycles. The second-order valence-corrected chi connectivity index (χ2v) is 9.65. The Labute approximate surface area is 219 Å². The lowest BCUT2D eigenvalue weighted by molar-refractivity contribution is 0.306. The molecule has 0 atom stereocenters. The number of ether oxygens (including phenoxy) is 1. The van der Waals surface area contributed by atoms with Gasteiger partial charge in [0, 0.05) is 10.0 Å². The van der Waals surface area contributed by atoms with Gasteiger partial charge in [0.25, 0.3) is 5.56 Å². The summed E-state index contributed by atoms with van der Waals surface area (Å²) in [6, 6.07) is 22.6. The summed E-state index contributed by atoms with van der Waals surface area (Å²) in [5.41, 5.74) is 2.01. The van der Waals surface area contributed by atoms with Gasteiger partial charge >= 0.3 is 0 Å². The lowest BCUT2D eigenvalue weighted by Gasteiger charge is -2.13. The first-order valence-corrected chi connectivity index (χ1v) is 12.3. The van der Waals surface area contributed by atoms with E-state index in [-0.39, 0.29) is 5.56 Å². The molecule has 5 rings (SSSR count). The number of rotatable bonds is 5. The summed E-state index contributed by atoms with van der Waals surface area (Å²) in [5, 5.41) is 7.95. The first kappa shape index (κ1) is 23.5. The molecule has 5 nitrogen and oxygen atoms in total. The van der Waals surface area contributed by atoms with Gasteiger partial charge in [-0.3, -0.25) is 4.79 Å². The standard InChI is InChI=1S/C27H18BrCl2N3O2/c1-16-32-25-10-8-19(28)13-21(25)27(34)33(16)31-14-22-20-5-3-2-4-18(20)7-11-26(22)35-15-17-6-9-23(29)24(30)12-17/h2-14H,15H2,1H3. The molecule has 0 radical (unpaired) electrons. The number of aromatic nitrogens is 2. The van der Waals surface area contributed by atoms with Crippen LogP contribution in [0.2, 0.25) is 10.0 Å². The summed E-state index contributed by atoms with van der Waals surface area (Å²) in [7, 11) is 0. The topological polar surface area (TPSA) is 56.5 Å². The van der Waals surface area contributed by atoms with Crippen LogP contribution in [-0.4, -0.2) is 15.9 Å². The van der Waals surface area contributed by atoms with Crippen LogP contribution in [0.25, 0.3) is 21.7 Å². The third kappa shape index (κ3) is 4.82. The van der Waals surface area contributed by atoms with Crippen molar-refractivity contribution in [2.45, 2.75) is 13.5 Å². The predicted molar refractivity (Wildman–Crippen MR) is 146 cm³/mol. The molecular formula is C27H18BrCl2N3O2. The van der Waals surface area contributed by atoms with Gasteiger partial charge in [-0.2, -0.15) is 9.78 Å². The van der Waals surface area contributed by atoms with E-state index in [2.05, 4.69) is 26.0 Å². The van der Waals surface area contributed by atoms with Crippen molar-refractivity contribution < 1.29 is 4.74 Å². The van der Waals surface area contributed by atoms with Crippen molar-refractivity contribution in [2.75, 3.05) is 0 Å². The molecule has 0 aliphatic carbocycles. The minimum atomic E-state index is -0.247. The van der Waals surface area contributed by atoms with E-state index < -0.39 is 0 Å². The molecule has 0 amide bonds. The monoisotopic (exact) mass is 565 g/mol. The van der Waals surface area contributed by atoms with E-state index in [1.54, 1.807) is 31.3 Å². The Bertz CT molecular complexity index is 1680. The van der Waals surface area contributed by atoms with Gasteiger partial charge in [-0.15, -0.1) is 0 Å². The van der Waals surface area contributed by atoms with Crippen LogP contribution in [0.3, 0.4) is 0 Å². The van der Waals surface area contributed by atoms with Crippen LogP contribution >= 0.6 is 39.1 Å². The fraction of sp³-hybridized carbons (Fsp3) is 0.0741. The molecule has 0 saturated carbocycles. The van der Waals surface area contributed by atoms with E-state index in [0.29, 0.717) is 39.1 Å². The molecule has 0 saturated heterocycles. The highest BCUT2D eigenvalue weighted by Gasteiger charge is 2.11. The van der Waals surface area contributed by atoms with Gasteiger partial charge < -0.3 is 4.74 Å². The van der Waals surface area contributed by atoms with Crippen molar-refractivity contribution in [3.63, 3.8) is 0 Å². The van der Waals surface area contributed by atoms with Crippen LogP contribution in [0.5, 0.6) is 5.75 Å². The van der Waals surface area contributed by atoms with Crippen LogP contribution in [-0.2, 0) is 6.61 Å². The van der Waals surface area contributed by atoms with Crippen molar-refractivity contribution in [1.29, 1.82) is 0 Å². The summed E-state index contributed by atoms with van der Waals surface area (Å²) in [4.78, 5) is 17.7. The first-order chi connectivity index (χ1) is 16.9. The molecular weight excluding hydrogens is 549 g/mol. The fourth-order valence-electron chi connectivity index (χ4n) is 3.84. The third-order valence-corrected chi connectivity index (χ3v) is 6.81. The zero-order valence-corrected chi connectivity index (χ0v) is 21.6. The Morgan fingerprint density at radius 2 is 1.83 bits per heavy atom. The summed E-state index contributed by atoms with van der Waals surface area (Å²) >= 11 is 15.6. The Balaban J connectivity index is 1.58. The highest BCUT2D eigenvalue weighted by atomic mass is 79.9. The van der Waals surface area contributed by atoms with Crippen molar-refractivity contribution in [3.05, 3.63) is 115 Å². The van der Waals surface area contributed by atoms with Gasteiger partial charge in [-0.1, -0.05) is 75.5 Å². The van der Waals surface area contributed by atoms with Gasteiger partial charge in [-0.25, -0.2) is 4.98 Å². The van der Waals surface area contributed by atoms with Gasteiger partial charge in [0.05, 0.1) is 27.2 Å². The normalized spacial score (nSPS) is 11.5. The third-order valence-electron chi connectivity index (χ3n) is 5.58. The number of aryl methyl sites for hydroxylation is 1. The second kappa shape index (κ2) is 9.82. The number of benzene rings is 4. The maximum absolute atomic E-state index is 13.2. The van der Waals surface area contributed by atoms with Crippen LogP contribution in [0.1, 0.15) is 17.0 Å². The zero-order chi connectivity index (χ0) is 24.5. The molecule has 5 aromatic rings. The summed E-state index contributed by atoms with van der Waals surface area (Å²) in [5.74, 6) is 1.11. The molecule has 174 valence electrons. The molecule has 0 spiro atoms. The summed E-state index contributed by atoms with van der Waals surface area (Å²) in [6.45, 7) is 2.05. The number of hydrogen-bond donors (Lipinski definition) is 0. The molecule has 0 aliphatic heterocycles. The fourth-order valence-corrected chi connectivity index (χ4v) is 4.52. The molecule has 4 aromatic carbocycles. The van der Waals surface area contributed by atoms with Gasteiger partial charge in [-0.05, 0) is 59.7 Å². The predicted octanol–water partition coefficient (Wildman–Crippen LogP) is 7.39. The maximum Gasteiger partial charge on any atom is 0.282 e. The van der Waals surface area contributed by atoms with Crippen molar-refractivity contribution in [1.82, 2.24) is 9.66 Å². The van der Waals surface area contributed by atoms with Crippen molar-refractivity contribution >= 4 is 67.0 Å². The maximum atomic E-state index is 13.2. The quantitative estimate of drug-likeness (QED) is 0.208. The molecule has 0 N–H and O–H groups in total. The average molecular weight is 567 g/mol. The van der Waals surface area contributed by atoms with E-state index in [1.165, 1.54) is 4.68 Å². The number of fused-ring (bicyclic) bond motifs is 2. The van der Waals surface area contributed by atoms with Crippen molar-refractivity contribution in [2.24, 2.45) is 5.10 Å². The zero-order valence-electron chi connectivity index (χ0n) is 18.5. The van der Waals surface area contributed by atoms with Gasteiger partial charge in [0.1, 0.15) is 18.2 Å². The minimum Gasteiger partial charge on any atom is -0.488 e. The van der Waals surface area contributed by atoms with Gasteiger partial charge in [0.2, 0.25) is 0 Å². The van der Waals surface area contributed by atoms with Crippen LogP contribution in [0.15, 0.2) is 87.2 Å². The SMILES string of the molecule is Cc1nc2ccc(Br)cc2c(=O)n1N=Cc1c(OCc2ccc(Cl)c(Cl)c2)ccc2ccccc12. The number of hydrogen-bond acceptors (Lipinski definition) is 4. The Kier molecular flexibility index (Phi) is 6.60. The molecule has 0 aliphatic rings. The lowest BCUT2D eigenvalue weighted by Crippen LogP contribution is -2.20. The Hall–Kier alpha value is -3.19.